The average Bonchev–Trinajstić information content (AvgIpc) is 2.90. The lowest BCUT2D eigenvalue weighted by Crippen LogP contribution is -2.15. The second-order valence-electron chi connectivity index (χ2n) is 8.46. The fourth-order valence-electron chi connectivity index (χ4n) is 3.00. The third-order valence-electron chi connectivity index (χ3n) is 5.14. The van der Waals surface area contributed by atoms with Crippen LogP contribution in [0.4, 0.5) is 0 Å². The fourth-order valence-corrected chi connectivity index (χ4v) is 3.00. The van der Waals surface area contributed by atoms with Crippen LogP contribution in [0.2, 0.25) is 0 Å². The minimum atomic E-state index is -0.216. The van der Waals surface area contributed by atoms with Crippen molar-refractivity contribution in [3.05, 3.63) is 0 Å². The monoisotopic (exact) mass is 538 g/mol. The van der Waals surface area contributed by atoms with Gasteiger partial charge in [-0.3, -0.25) is 4.79 Å². The number of hydrogen-bond donors (Lipinski definition) is 1. The zero-order valence-electron chi connectivity index (χ0n) is 23.3. The van der Waals surface area contributed by atoms with Gasteiger partial charge in [0.05, 0.1) is 98.9 Å². The van der Waals surface area contributed by atoms with E-state index in [0.717, 1.165) is 38.7 Å². The molecule has 0 aromatic rings. The van der Waals surface area contributed by atoms with Crippen LogP contribution in [0.3, 0.4) is 0 Å². The SMILES string of the molecule is CCCCOC(=O)CCOCCOCCOCCOCCOCCOCCOCCCCCCCCO. The molecule has 0 heterocycles. The van der Waals surface area contributed by atoms with E-state index in [-0.39, 0.29) is 12.4 Å². The molecule has 0 aliphatic rings. The largest absolute Gasteiger partial charge is 0.466 e. The number of esters is 1. The summed E-state index contributed by atoms with van der Waals surface area (Å²) in [4.78, 5) is 11.4. The van der Waals surface area contributed by atoms with Gasteiger partial charge in [0, 0.05) is 13.2 Å². The van der Waals surface area contributed by atoms with E-state index in [9.17, 15) is 4.79 Å². The minimum Gasteiger partial charge on any atom is -0.466 e. The van der Waals surface area contributed by atoms with Crippen LogP contribution in [0.5, 0.6) is 0 Å². The Morgan fingerprint density at radius 3 is 1.27 bits per heavy atom. The predicted molar refractivity (Wildman–Crippen MR) is 141 cm³/mol. The summed E-state index contributed by atoms with van der Waals surface area (Å²) < 4.78 is 43.2. The summed E-state index contributed by atoms with van der Waals surface area (Å²) in [7, 11) is 0. The van der Waals surface area contributed by atoms with Crippen molar-refractivity contribution < 1.29 is 47.8 Å². The van der Waals surface area contributed by atoms with Gasteiger partial charge in [-0.25, -0.2) is 0 Å². The third kappa shape index (κ3) is 33.1. The van der Waals surface area contributed by atoms with Crippen molar-refractivity contribution in [2.24, 2.45) is 0 Å². The van der Waals surface area contributed by atoms with Crippen molar-refractivity contribution >= 4 is 5.97 Å². The molecule has 0 saturated heterocycles. The summed E-state index contributed by atoms with van der Waals surface area (Å²) in [5.74, 6) is -0.216. The smallest absolute Gasteiger partial charge is 0.308 e. The number of aliphatic hydroxyl groups excluding tert-OH is 1. The molecule has 222 valence electrons. The molecule has 0 spiro atoms. The molecular weight excluding hydrogens is 484 g/mol. The van der Waals surface area contributed by atoms with Gasteiger partial charge in [-0.1, -0.05) is 39.0 Å². The molecule has 10 nitrogen and oxygen atoms in total. The van der Waals surface area contributed by atoms with E-state index in [2.05, 4.69) is 6.92 Å². The van der Waals surface area contributed by atoms with E-state index in [1.54, 1.807) is 0 Å². The van der Waals surface area contributed by atoms with Crippen molar-refractivity contribution in [3.63, 3.8) is 0 Å². The van der Waals surface area contributed by atoms with Crippen molar-refractivity contribution in [3.8, 4) is 0 Å². The van der Waals surface area contributed by atoms with Crippen LogP contribution >= 0.6 is 0 Å². The lowest BCUT2D eigenvalue weighted by Gasteiger charge is -2.08. The highest BCUT2D eigenvalue weighted by atomic mass is 16.6. The molecule has 0 amide bonds. The minimum absolute atomic E-state index is 0.216. The molecule has 0 aromatic carbocycles. The van der Waals surface area contributed by atoms with Gasteiger partial charge in [0.15, 0.2) is 0 Å². The number of rotatable bonds is 32. The number of aliphatic hydroxyl groups is 1. The van der Waals surface area contributed by atoms with E-state index in [1.165, 1.54) is 19.3 Å². The first-order valence-electron chi connectivity index (χ1n) is 14.1. The standard InChI is InChI=1S/C27H54O10/c1-2-3-13-37-27(29)10-14-31-16-18-33-20-22-35-24-26-36-25-23-34-21-19-32-17-15-30-12-9-7-5-4-6-8-11-28/h28H,2-26H2,1H3. The summed E-state index contributed by atoms with van der Waals surface area (Å²) in [5, 5.41) is 8.72. The van der Waals surface area contributed by atoms with Crippen LogP contribution in [-0.2, 0) is 42.7 Å². The van der Waals surface area contributed by atoms with E-state index in [4.69, 9.17) is 43.0 Å². The normalized spacial score (nSPS) is 11.3. The quantitative estimate of drug-likeness (QED) is 0.101. The van der Waals surface area contributed by atoms with Gasteiger partial charge < -0.3 is 43.0 Å². The molecule has 0 unspecified atom stereocenters. The van der Waals surface area contributed by atoms with Gasteiger partial charge in [-0.2, -0.15) is 0 Å². The Kier molecular flexibility index (Phi) is 32.4. The van der Waals surface area contributed by atoms with Crippen LogP contribution in [0, 0.1) is 0 Å². The van der Waals surface area contributed by atoms with Crippen LogP contribution in [0.1, 0.15) is 64.7 Å². The lowest BCUT2D eigenvalue weighted by atomic mass is 10.1. The molecular formula is C27H54O10. The zero-order valence-corrected chi connectivity index (χ0v) is 23.3. The molecule has 10 heteroatoms. The summed E-state index contributed by atoms with van der Waals surface area (Å²) in [5.41, 5.74) is 0. The first kappa shape index (κ1) is 36.1. The first-order chi connectivity index (χ1) is 18.3. The molecule has 0 aliphatic heterocycles. The van der Waals surface area contributed by atoms with Gasteiger partial charge in [-0.05, 0) is 19.3 Å². The summed E-state index contributed by atoms with van der Waals surface area (Å²) >= 11 is 0. The molecule has 37 heavy (non-hydrogen) atoms. The number of unbranched alkanes of at least 4 members (excludes halogenated alkanes) is 6. The average molecular weight is 539 g/mol. The van der Waals surface area contributed by atoms with Gasteiger partial charge >= 0.3 is 5.97 Å². The highest BCUT2D eigenvalue weighted by Crippen LogP contribution is 2.05. The van der Waals surface area contributed by atoms with Crippen molar-refractivity contribution in [1.82, 2.24) is 0 Å². The Labute approximate surface area is 224 Å². The summed E-state index contributed by atoms with van der Waals surface area (Å²) in [6.07, 6.45) is 8.87. The molecule has 0 aromatic heterocycles. The predicted octanol–water partition coefficient (Wildman–Crippen LogP) is 3.17. The fraction of sp³-hybridized carbons (Fsp3) is 0.963. The molecule has 0 atom stereocenters. The highest BCUT2D eigenvalue weighted by Gasteiger charge is 2.02. The summed E-state index contributed by atoms with van der Waals surface area (Å²) in [6, 6.07) is 0. The molecule has 0 saturated carbocycles. The van der Waals surface area contributed by atoms with E-state index in [1.807, 2.05) is 0 Å². The van der Waals surface area contributed by atoms with Gasteiger partial charge in [0.2, 0.25) is 0 Å². The Bertz CT molecular complexity index is 439. The van der Waals surface area contributed by atoms with Gasteiger partial charge in [0.25, 0.3) is 0 Å². The van der Waals surface area contributed by atoms with Crippen LogP contribution in [-0.4, -0.2) is 117 Å². The lowest BCUT2D eigenvalue weighted by molar-refractivity contribution is -0.145. The molecule has 0 rings (SSSR count). The topological polar surface area (TPSA) is 111 Å². The third-order valence-corrected chi connectivity index (χ3v) is 5.14. The maximum Gasteiger partial charge on any atom is 0.308 e. The highest BCUT2D eigenvalue weighted by molar-refractivity contribution is 5.69. The van der Waals surface area contributed by atoms with Gasteiger partial charge in [-0.15, -0.1) is 0 Å². The number of hydrogen-bond acceptors (Lipinski definition) is 10. The maximum absolute atomic E-state index is 11.4. The van der Waals surface area contributed by atoms with Gasteiger partial charge in [0.1, 0.15) is 0 Å². The Morgan fingerprint density at radius 2 is 0.838 bits per heavy atom. The molecule has 1 N–H and O–H groups in total. The molecule has 0 fully saturated rings. The molecule has 0 aliphatic carbocycles. The number of carbonyl (C=O) groups excluding carboxylic acids is 1. The summed E-state index contributed by atoms with van der Waals surface area (Å²) in [6.45, 7) is 10.2. The van der Waals surface area contributed by atoms with Crippen LogP contribution in [0.25, 0.3) is 0 Å². The van der Waals surface area contributed by atoms with Crippen molar-refractivity contribution in [2.75, 3.05) is 106 Å². The van der Waals surface area contributed by atoms with E-state index < -0.39 is 0 Å². The number of ether oxygens (including phenoxy) is 8. The number of carbonyl (C=O) groups is 1. The van der Waals surface area contributed by atoms with E-state index >= 15 is 0 Å². The first-order valence-corrected chi connectivity index (χ1v) is 14.1. The zero-order chi connectivity index (χ0) is 26.9. The van der Waals surface area contributed by atoms with Crippen LogP contribution in [0.15, 0.2) is 0 Å². The Balaban J connectivity index is 3.06. The van der Waals surface area contributed by atoms with Crippen molar-refractivity contribution in [1.29, 1.82) is 0 Å². The maximum atomic E-state index is 11.4. The molecule has 0 radical (unpaired) electrons. The second kappa shape index (κ2) is 33.2. The molecule has 0 bridgehead atoms. The van der Waals surface area contributed by atoms with E-state index in [0.29, 0.717) is 99.1 Å². The Morgan fingerprint density at radius 1 is 0.459 bits per heavy atom. The Hall–Kier alpha value is -0.850. The van der Waals surface area contributed by atoms with Crippen molar-refractivity contribution in [2.45, 2.75) is 64.7 Å². The second-order valence-corrected chi connectivity index (χ2v) is 8.46. The van der Waals surface area contributed by atoms with Crippen LogP contribution < -0.4 is 0 Å².